The van der Waals surface area contributed by atoms with E-state index < -0.39 is 0 Å². The molecule has 0 unspecified atom stereocenters. The van der Waals surface area contributed by atoms with E-state index in [9.17, 15) is 5.11 Å². The van der Waals surface area contributed by atoms with E-state index in [0.717, 1.165) is 17.1 Å². The van der Waals surface area contributed by atoms with E-state index >= 15 is 0 Å². The average Bonchev–Trinajstić information content (AvgIpc) is 3.40. The Balaban J connectivity index is 1.71. The molecule has 2 aromatic heterocycles. The van der Waals surface area contributed by atoms with Crippen molar-refractivity contribution in [1.29, 1.82) is 0 Å². The highest BCUT2D eigenvalue weighted by molar-refractivity contribution is 7.80. The Labute approximate surface area is 211 Å². The molecule has 0 spiro atoms. The lowest BCUT2D eigenvalue weighted by atomic mass is 10.0. The molecule has 166 valence electrons. The third-order valence-electron chi connectivity index (χ3n) is 5.55. The third-order valence-corrected chi connectivity index (χ3v) is 6.64. The molecule has 0 bridgehead atoms. The van der Waals surface area contributed by atoms with Crippen LogP contribution in [0.25, 0.3) is 5.69 Å². The zero-order valence-corrected chi connectivity index (χ0v) is 20.1. The summed E-state index contributed by atoms with van der Waals surface area (Å²) in [7, 11) is 0. The Kier molecular flexibility index (Phi) is 5.93. The van der Waals surface area contributed by atoms with Gasteiger partial charge in [-0.1, -0.05) is 40.9 Å². The summed E-state index contributed by atoms with van der Waals surface area (Å²) < 4.78 is 1.99. The molecule has 0 amide bonds. The highest BCUT2D eigenvalue weighted by atomic mass is 35.5. The highest BCUT2D eigenvalue weighted by Gasteiger charge is 2.43. The fourth-order valence-corrected chi connectivity index (χ4v) is 5.14. The van der Waals surface area contributed by atoms with Crippen molar-refractivity contribution in [3.63, 3.8) is 0 Å². The Hall–Kier alpha value is -2.77. The summed E-state index contributed by atoms with van der Waals surface area (Å²) in [6, 6.07) is 19.3. The molecule has 1 aliphatic rings. The Morgan fingerprint density at radius 3 is 2.45 bits per heavy atom. The van der Waals surface area contributed by atoms with Gasteiger partial charge < -0.3 is 19.9 Å². The largest absolute Gasteiger partial charge is 0.506 e. The van der Waals surface area contributed by atoms with Crippen LogP contribution in [0, 0.1) is 0 Å². The summed E-state index contributed by atoms with van der Waals surface area (Å²) in [5.74, 6) is 0.0675. The molecule has 5 nitrogen and oxygen atoms in total. The normalized spacial score (nSPS) is 17.9. The number of pyridine rings is 1. The van der Waals surface area contributed by atoms with Crippen LogP contribution in [0.3, 0.4) is 0 Å². The maximum atomic E-state index is 10.7. The van der Waals surface area contributed by atoms with Gasteiger partial charge in [-0.2, -0.15) is 0 Å². The van der Waals surface area contributed by atoms with Crippen molar-refractivity contribution in [2.45, 2.75) is 12.1 Å². The first-order chi connectivity index (χ1) is 15.9. The molecule has 3 heterocycles. The number of rotatable bonds is 4. The topological polar surface area (TPSA) is 53.3 Å². The SMILES string of the molecule is Oc1ccc(Cl)cc1N1C(=S)N[C@@H](c2ccccn2)[C@H]1c1cccn1-c1ccc(Cl)cc1Cl. The Bertz CT molecular complexity index is 1340. The lowest BCUT2D eigenvalue weighted by Gasteiger charge is -2.29. The van der Waals surface area contributed by atoms with Crippen LogP contribution >= 0.6 is 47.0 Å². The number of hydrogen-bond acceptors (Lipinski definition) is 3. The zero-order chi connectivity index (χ0) is 23.1. The zero-order valence-electron chi connectivity index (χ0n) is 17.0. The van der Waals surface area contributed by atoms with Crippen LogP contribution in [-0.2, 0) is 0 Å². The van der Waals surface area contributed by atoms with Gasteiger partial charge in [-0.05, 0) is 72.9 Å². The van der Waals surface area contributed by atoms with Crippen molar-refractivity contribution in [2.75, 3.05) is 4.90 Å². The summed E-state index contributed by atoms with van der Waals surface area (Å²) in [6.45, 7) is 0. The van der Waals surface area contributed by atoms with E-state index in [1.165, 1.54) is 0 Å². The standard InChI is InChI=1S/C24H17Cl3N4OS/c25-14-6-8-18(16(27)12-14)30-11-3-5-19(30)23-22(17-4-1-2-10-28-17)29-24(33)31(23)20-13-15(26)7-9-21(20)32/h1-13,22-23,32H,(H,29,33)/t22-,23+/m0/s1. The van der Waals surface area contributed by atoms with Gasteiger partial charge in [0.2, 0.25) is 0 Å². The molecule has 4 aromatic rings. The molecule has 0 aliphatic carbocycles. The summed E-state index contributed by atoms with van der Waals surface area (Å²) in [5.41, 5.74) is 2.97. The fourth-order valence-electron chi connectivity index (χ4n) is 4.14. The van der Waals surface area contributed by atoms with Crippen LogP contribution < -0.4 is 10.2 Å². The maximum absolute atomic E-state index is 10.7. The molecule has 0 saturated carbocycles. The minimum absolute atomic E-state index is 0.0675. The average molecular weight is 516 g/mol. The Morgan fingerprint density at radius 1 is 0.909 bits per heavy atom. The number of nitrogens with zero attached hydrogens (tertiary/aromatic N) is 3. The van der Waals surface area contributed by atoms with Crippen LogP contribution in [0.1, 0.15) is 23.5 Å². The number of aromatic hydroxyl groups is 1. The molecule has 2 N–H and O–H groups in total. The second kappa shape index (κ2) is 8.88. The van der Waals surface area contributed by atoms with Crippen LogP contribution in [0.2, 0.25) is 15.1 Å². The third kappa shape index (κ3) is 4.04. The van der Waals surface area contributed by atoms with E-state index in [1.807, 2.05) is 52.1 Å². The minimum atomic E-state index is -0.362. The first-order valence-electron chi connectivity index (χ1n) is 10.1. The summed E-state index contributed by atoms with van der Waals surface area (Å²) in [6.07, 6.45) is 3.67. The molecule has 0 radical (unpaired) electrons. The van der Waals surface area contributed by atoms with E-state index in [-0.39, 0.29) is 17.8 Å². The van der Waals surface area contributed by atoms with Gasteiger partial charge in [-0.3, -0.25) is 4.98 Å². The van der Waals surface area contributed by atoms with Crippen LogP contribution in [0.4, 0.5) is 5.69 Å². The van der Waals surface area contributed by atoms with Gasteiger partial charge in [0, 0.05) is 28.1 Å². The monoisotopic (exact) mass is 514 g/mol. The number of phenols is 1. The molecule has 2 aromatic carbocycles. The number of phenolic OH excluding ortho intramolecular Hbond substituents is 1. The van der Waals surface area contributed by atoms with E-state index in [1.54, 1.807) is 36.5 Å². The van der Waals surface area contributed by atoms with Crippen LogP contribution in [0.15, 0.2) is 79.1 Å². The van der Waals surface area contributed by atoms with Gasteiger partial charge in [-0.25, -0.2) is 0 Å². The van der Waals surface area contributed by atoms with E-state index in [2.05, 4.69) is 10.3 Å². The maximum Gasteiger partial charge on any atom is 0.174 e. The number of hydrogen-bond donors (Lipinski definition) is 2. The molecule has 1 fully saturated rings. The number of benzene rings is 2. The van der Waals surface area contributed by atoms with Crippen molar-refractivity contribution in [2.24, 2.45) is 0 Å². The molecule has 33 heavy (non-hydrogen) atoms. The second-order valence-corrected chi connectivity index (χ2v) is 9.20. The van der Waals surface area contributed by atoms with E-state index in [4.69, 9.17) is 47.0 Å². The highest BCUT2D eigenvalue weighted by Crippen LogP contribution is 2.45. The number of halogens is 3. The number of thiocarbonyl (C=S) groups is 1. The first-order valence-corrected chi connectivity index (χ1v) is 11.6. The van der Waals surface area contributed by atoms with Gasteiger partial charge in [0.15, 0.2) is 5.11 Å². The minimum Gasteiger partial charge on any atom is -0.506 e. The van der Waals surface area contributed by atoms with Crippen LogP contribution in [0.5, 0.6) is 5.75 Å². The summed E-state index contributed by atoms with van der Waals surface area (Å²) in [5, 5.41) is 16.1. The van der Waals surface area contributed by atoms with Crippen molar-refractivity contribution in [3.8, 4) is 11.4 Å². The second-order valence-electron chi connectivity index (χ2n) is 7.53. The first kappa shape index (κ1) is 22.0. The van der Waals surface area contributed by atoms with Crippen molar-refractivity contribution < 1.29 is 5.11 Å². The molecule has 1 aliphatic heterocycles. The lowest BCUT2D eigenvalue weighted by Crippen LogP contribution is -2.30. The van der Waals surface area contributed by atoms with Crippen molar-refractivity contribution in [1.82, 2.24) is 14.9 Å². The quantitative estimate of drug-likeness (QED) is 0.296. The lowest BCUT2D eigenvalue weighted by molar-refractivity contribution is 0.472. The van der Waals surface area contributed by atoms with Gasteiger partial charge in [0.25, 0.3) is 0 Å². The predicted octanol–water partition coefficient (Wildman–Crippen LogP) is 6.72. The van der Waals surface area contributed by atoms with Crippen molar-refractivity contribution in [3.05, 3.63) is 106 Å². The van der Waals surface area contributed by atoms with Gasteiger partial charge in [0.05, 0.1) is 28.1 Å². The van der Waals surface area contributed by atoms with Gasteiger partial charge >= 0.3 is 0 Å². The number of nitrogens with one attached hydrogen (secondary N) is 1. The molecule has 1 saturated heterocycles. The Morgan fingerprint density at radius 2 is 1.70 bits per heavy atom. The smallest absolute Gasteiger partial charge is 0.174 e. The van der Waals surface area contributed by atoms with Gasteiger partial charge in [-0.15, -0.1) is 0 Å². The fraction of sp³-hybridized carbons (Fsp3) is 0.0833. The molecule has 9 heteroatoms. The predicted molar refractivity (Wildman–Crippen MR) is 137 cm³/mol. The van der Waals surface area contributed by atoms with E-state index in [0.29, 0.717) is 25.9 Å². The summed E-state index contributed by atoms with van der Waals surface area (Å²) >= 11 is 24.7. The molecule has 5 rings (SSSR count). The molecular weight excluding hydrogens is 499 g/mol. The molecule has 2 atom stereocenters. The number of aromatic nitrogens is 2. The number of anilines is 1. The van der Waals surface area contributed by atoms with Crippen molar-refractivity contribution >= 4 is 57.8 Å². The van der Waals surface area contributed by atoms with Crippen LogP contribution in [-0.4, -0.2) is 19.8 Å². The molecular formula is C24H17Cl3N4OS. The summed E-state index contributed by atoms with van der Waals surface area (Å²) in [4.78, 5) is 6.43. The van der Waals surface area contributed by atoms with Gasteiger partial charge in [0.1, 0.15) is 11.8 Å².